The van der Waals surface area contributed by atoms with Crippen LogP contribution in [0.1, 0.15) is 58.8 Å². The van der Waals surface area contributed by atoms with E-state index in [0.29, 0.717) is 6.04 Å². The van der Waals surface area contributed by atoms with E-state index < -0.39 is 0 Å². The predicted octanol–water partition coefficient (Wildman–Crippen LogP) is 2.92. The lowest BCUT2D eigenvalue weighted by Crippen LogP contribution is -2.47. The second-order valence-corrected chi connectivity index (χ2v) is 6.64. The van der Waals surface area contributed by atoms with E-state index in [0.717, 1.165) is 30.3 Å². The van der Waals surface area contributed by atoms with Gasteiger partial charge in [0.2, 0.25) is 0 Å². The molecule has 2 saturated carbocycles. The van der Waals surface area contributed by atoms with Gasteiger partial charge in [-0.3, -0.25) is 0 Å². The normalized spacial score (nSPS) is 40.4. The van der Waals surface area contributed by atoms with E-state index in [-0.39, 0.29) is 0 Å². The van der Waals surface area contributed by atoms with Crippen LogP contribution in [-0.4, -0.2) is 18.6 Å². The number of nitrogens with two attached hydrogens (primary N) is 1. The maximum absolute atomic E-state index is 5.99. The number of rotatable bonds is 4. The van der Waals surface area contributed by atoms with Gasteiger partial charge >= 0.3 is 0 Å². The van der Waals surface area contributed by atoms with Gasteiger partial charge in [0.15, 0.2) is 0 Å². The largest absolute Gasteiger partial charge is 0.329 e. The maximum Gasteiger partial charge on any atom is 0.0221 e. The quantitative estimate of drug-likeness (QED) is 0.790. The molecule has 0 aromatic heterocycles. The number of hydrogen-bond donors (Lipinski definition) is 2. The highest BCUT2D eigenvalue weighted by Gasteiger charge is 2.29. The first-order chi connectivity index (χ1) is 8.19. The molecule has 2 aliphatic rings. The Morgan fingerprint density at radius 3 is 2.18 bits per heavy atom. The van der Waals surface area contributed by atoms with Gasteiger partial charge in [0.25, 0.3) is 0 Å². The molecular weight excluding hydrogens is 208 g/mol. The van der Waals surface area contributed by atoms with Crippen molar-refractivity contribution in [1.29, 1.82) is 0 Å². The fourth-order valence-corrected chi connectivity index (χ4v) is 3.75. The van der Waals surface area contributed by atoms with Crippen molar-refractivity contribution in [3.8, 4) is 0 Å². The molecule has 100 valence electrons. The van der Waals surface area contributed by atoms with Crippen LogP contribution < -0.4 is 11.1 Å². The topological polar surface area (TPSA) is 38.0 Å². The summed E-state index contributed by atoms with van der Waals surface area (Å²) in [6.07, 6.45) is 9.71. The number of nitrogens with one attached hydrogen (secondary N) is 1. The molecule has 2 heteroatoms. The Kier molecular flexibility index (Phi) is 4.87. The summed E-state index contributed by atoms with van der Waals surface area (Å²) in [4.78, 5) is 0. The smallest absolute Gasteiger partial charge is 0.0221 e. The van der Waals surface area contributed by atoms with Gasteiger partial charge in [0, 0.05) is 18.6 Å². The molecular formula is C15H30N2. The molecule has 3 unspecified atom stereocenters. The Morgan fingerprint density at radius 1 is 1.00 bits per heavy atom. The molecule has 0 aromatic rings. The highest BCUT2D eigenvalue weighted by atomic mass is 15.0. The van der Waals surface area contributed by atoms with E-state index in [1.54, 1.807) is 0 Å². The first-order valence-corrected chi connectivity index (χ1v) is 7.65. The first-order valence-electron chi connectivity index (χ1n) is 7.65. The molecule has 2 nitrogen and oxygen atoms in total. The van der Waals surface area contributed by atoms with Gasteiger partial charge in [-0.15, -0.1) is 0 Å². The van der Waals surface area contributed by atoms with Crippen LogP contribution in [0.25, 0.3) is 0 Å². The fourth-order valence-electron chi connectivity index (χ4n) is 3.75. The van der Waals surface area contributed by atoms with E-state index in [2.05, 4.69) is 19.2 Å². The standard InChI is InChI=1S/C15H30N2/c1-11-3-6-13(7-4-11)15(10-16)17-14-8-5-12(2)9-14/h11-15,17H,3-10,16H2,1-2H3. The highest BCUT2D eigenvalue weighted by molar-refractivity contribution is 4.87. The van der Waals surface area contributed by atoms with Crippen molar-refractivity contribution in [2.45, 2.75) is 70.9 Å². The van der Waals surface area contributed by atoms with Crippen LogP contribution in [0.3, 0.4) is 0 Å². The second kappa shape index (κ2) is 6.19. The Hall–Kier alpha value is -0.0800. The maximum atomic E-state index is 5.99. The molecule has 2 fully saturated rings. The minimum atomic E-state index is 0.581. The van der Waals surface area contributed by atoms with Gasteiger partial charge in [0.1, 0.15) is 0 Å². The molecule has 0 heterocycles. The Morgan fingerprint density at radius 2 is 1.65 bits per heavy atom. The molecule has 0 aliphatic heterocycles. The average molecular weight is 238 g/mol. The molecule has 2 aliphatic carbocycles. The molecule has 0 bridgehead atoms. The predicted molar refractivity (Wildman–Crippen MR) is 73.9 cm³/mol. The Bertz CT molecular complexity index is 221. The SMILES string of the molecule is CC1CCC(C(CN)NC2CCC(C)C2)CC1. The van der Waals surface area contributed by atoms with Crippen molar-refractivity contribution in [3.63, 3.8) is 0 Å². The second-order valence-electron chi connectivity index (χ2n) is 6.64. The summed E-state index contributed by atoms with van der Waals surface area (Å²) in [6.45, 7) is 5.59. The van der Waals surface area contributed by atoms with E-state index in [4.69, 9.17) is 5.73 Å². The van der Waals surface area contributed by atoms with Gasteiger partial charge < -0.3 is 11.1 Å². The van der Waals surface area contributed by atoms with E-state index in [1.165, 1.54) is 44.9 Å². The van der Waals surface area contributed by atoms with Crippen LogP contribution in [0.5, 0.6) is 0 Å². The summed E-state index contributed by atoms with van der Waals surface area (Å²) in [5, 5.41) is 3.86. The molecule has 0 saturated heterocycles. The lowest BCUT2D eigenvalue weighted by atomic mass is 9.79. The molecule has 3 N–H and O–H groups in total. The lowest BCUT2D eigenvalue weighted by molar-refractivity contribution is 0.220. The summed E-state index contributed by atoms with van der Waals surface area (Å²) in [5.74, 6) is 2.69. The third-order valence-corrected chi connectivity index (χ3v) is 5.03. The molecule has 0 spiro atoms. The Labute approximate surface area is 107 Å². The minimum absolute atomic E-state index is 0.581. The van der Waals surface area contributed by atoms with Crippen molar-refractivity contribution >= 4 is 0 Å². The third kappa shape index (κ3) is 3.69. The van der Waals surface area contributed by atoms with Crippen molar-refractivity contribution < 1.29 is 0 Å². The van der Waals surface area contributed by atoms with Crippen LogP contribution in [0, 0.1) is 17.8 Å². The molecule has 0 amide bonds. The van der Waals surface area contributed by atoms with Crippen molar-refractivity contribution in [1.82, 2.24) is 5.32 Å². The van der Waals surface area contributed by atoms with Crippen molar-refractivity contribution in [3.05, 3.63) is 0 Å². The van der Waals surface area contributed by atoms with Crippen LogP contribution in [0.15, 0.2) is 0 Å². The molecule has 0 radical (unpaired) electrons. The average Bonchev–Trinajstić information content (AvgIpc) is 2.73. The monoisotopic (exact) mass is 238 g/mol. The summed E-state index contributed by atoms with van der Waals surface area (Å²) in [6, 6.07) is 1.33. The summed E-state index contributed by atoms with van der Waals surface area (Å²) in [7, 11) is 0. The summed E-state index contributed by atoms with van der Waals surface area (Å²) < 4.78 is 0. The van der Waals surface area contributed by atoms with Crippen molar-refractivity contribution in [2.75, 3.05) is 6.54 Å². The van der Waals surface area contributed by atoms with Crippen molar-refractivity contribution in [2.24, 2.45) is 23.5 Å². The third-order valence-electron chi connectivity index (χ3n) is 5.03. The first kappa shape index (κ1) is 13.4. The lowest BCUT2D eigenvalue weighted by Gasteiger charge is -2.34. The van der Waals surface area contributed by atoms with E-state index in [1.807, 2.05) is 0 Å². The molecule has 3 atom stereocenters. The number of hydrogen-bond acceptors (Lipinski definition) is 2. The van der Waals surface area contributed by atoms with Crippen LogP contribution >= 0.6 is 0 Å². The molecule has 17 heavy (non-hydrogen) atoms. The van der Waals surface area contributed by atoms with Gasteiger partial charge in [-0.2, -0.15) is 0 Å². The minimum Gasteiger partial charge on any atom is -0.329 e. The zero-order chi connectivity index (χ0) is 12.3. The van der Waals surface area contributed by atoms with Gasteiger partial charge in [0.05, 0.1) is 0 Å². The van der Waals surface area contributed by atoms with Crippen LogP contribution in [0.4, 0.5) is 0 Å². The van der Waals surface area contributed by atoms with Crippen LogP contribution in [-0.2, 0) is 0 Å². The van der Waals surface area contributed by atoms with E-state index in [9.17, 15) is 0 Å². The fraction of sp³-hybridized carbons (Fsp3) is 1.00. The Balaban J connectivity index is 1.79. The summed E-state index contributed by atoms with van der Waals surface area (Å²) in [5.41, 5.74) is 5.99. The zero-order valence-electron chi connectivity index (χ0n) is 11.6. The van der Waals surface area contributed by atoms with Gasteiger partial charge in [-0.25, -0.2) is 0 Å². The molecule has 0 aromatic carbocycles. The van der Waals surface area contributed by atoms with E-state index >= 15 is 0 Å². The van der Waals surface area contributed by atoms with Crippen LogP contribution in [0.2, 0.25) is 0 Å². The highest BCUT2D eigenvalue weighted by Crippen LogP contribution is 2.32. The van der Waals surface area contributed by atoms with Gasteiger partial charge in [-0.1, -0.05) is 26.7 Å². The molecule has 2 rings (SSSR count). The summed E-state index contributed by atoms with van der Waals surface area (Å²) >= 11 is 0. The van der Waals surface area contributed by atoms with Gasteiger partial charge in [-0.05, 0) is 49.9 Å². The zero-order valence-corrected chi connectivity index (χ0v) is 11.6.